The monoisotopic (exact) mass is 218 g/mol. The van der Waals surface area contributed by atoms with Crippen molar-refractivity contribution in [3.8, 4) is 0 Å². The maximum Gasteiger partial charge on any atom is 0.305 e. The molecular formula is C13H14O3. The molecule has 16 heavy (non-hydrogen) atoms. The second-order valence-electron chi connectivity index (χ2n) is 3.72. The highest BCUT2D eigenvalue weighted by atomic mass is 16.5. The van der Waals surface area contributed by atoms with Gasteiger partial charge in [-0.25, -0.2) is 0 Å². The van der Waals surface area contributed by atoms with Crippen LogP contribution in [0, 0.1) is 6.92 Å². The zero-order chi connectivity index (χ0) is 11.5. The van der Waals surface area contributed by atoms with Gasteiger partial charge in [-0.15, -0.1) is 0 Å². The SMILES string of the molecule is COC(=O)CCc1oc2ccccc2c1C. The van der Waals surface area contributed by atoms with Gasteiger partial charge in [-0.2, -0.15) is 0 Å². The van der Waals surface area contributed by atoms with Crippen LogP contribution in [0.5, 0.6) is 0 Å². The molecule has 0 spiro atoms. The minimum Gasteiger partial charge on any atom is -0.469 e. The van der Waals surface area contributed by atoms with Crippen molar-refractivity contribution >= 4 is 16.9 Å². The number of benzene rings is 1. The summed E-state index contributed by atoms with van der Waals surface area (Å²) >= 11 is 0. The van der Waals surface area contributed by atoms with E-state index in [1.807, 2.05) is 31.2 Å². The number of hydrogen-bond donors (Lipinski definition) is 0. The van der Waals surface area contributed by atoms with E-state index in [9.17, 15) is 4.79 Å². The molecule has 0 N–H and O–H groups in total. The first-order valence-corrected chi connectivity index (χ1v) is 5.26. The molecule has 0 aliphatic carbocycles. The second kappa shape index (κ2) is 4.39. The zero-order valence-corrected chi connectivity index (χ0v) is 9.45. The van der Waals surface area contributed by atoms with Crippen molar-refractivity contribution < 1.29 is 13.9 Å². The van der Waals surface area contributed by atoms with Gasteiger partial charge in [0.25, 0.3) is 0 Å². The lowest BCUT2D eigenvalue weighted by Crippen LogP contribution is -2.01. The number of carbonyl (C=O) groups excluding carboxylic acids is 1. The molecule has 0 atom stereocenters. The third-order valence-corrected chi connectivity index (χ3v) is 2.73. The Morgan fingerprint density at radius 1 is 1.38 bits per heavy atom. The van der Waals surface area contributed by atoms with E-state index in [1.54, 1.807) is 0 Å². The van der Waals surface area contributed by atoms with E-state index < -0.39 is 0 Å². The molecule has 1 aromatic carbocycles. The largest absolute Gasteiger partial charge is 0.469 e. The molecule has 1 aromatic heterocycles. The van der Waals surface area contributed by atoms with Crippen LogP contribution in [0.25, 0.3) is 11.0 Å². The van der Waals surface area contributed by atoms with Crippen LogP contribution in [0.2, 0.25) is 0 Å². The first kappa shape index (κ1) is 10.7. The molecule has 2 aromatic rings. The summed E-state index contributed by atoms with van der Waals surface area (Å²) in [5, 5.41) is 1.11. The van der Waals surface area contributed by atoms with E-state index in [2.05, 4.69) is 4.74 Å². The van der Waals surface area contributed by atoms with Crippen molar-refractivity contribution in [1.29, 1.82) is 0 Å². The van der Waals surface area contributed by atoms with E-state index >= 15 is 0 Å². The molecule has 0 saturated heterocycles. The Balaban J connectivity index is 2.24. The summed E-state index contributed by atoms with van der Waals surface area (Å²) in [5.41, 5.74) is 1.99. The molecule has 0 radical (unpaired) electrons. The predicted octanol–water partition coefficient (Wildman–Crippen LogP) is 2.85. The third kappa shape index (κ3) is 1.94. The number of carbonyl (C=O) groups is 1. The van der Waals surface area contributed by atoms with Crippen LogP contribution >= 0.6 is 0 Å². The highest BCUT2D eigenvalue weighted by Crippen LogP contribution is 2.25. The summed E-state index contributed by atoms with van der Waals surface area (Å²) in [6.07, 6.45) is 0.949. The van der Waals surface area contributed by atoms with Gasteiger partial charge in [0.05, 0.1) is 13.5 Å². The van der Waals surface area contributed by atoms with Gasteiger partial charge >= 0.3 is 5.97 Å². The van der Waals surface area contributed by atoms with Crippen LogP contribution < -0.4 is 0 Å². The Hall–Kier alpha value is -1.77. The summed E-state index contributed by atoms with van der Waals surface area (Å²) in [6, 6.07) is 7.88. The molecule has 3 heteroatoms. The summed E-state index contributed by atoms with van der Waals surface area (Å²) in [4.78, 5) is 11.0. The van der Waals surface area contributed by atoms with Gasteiger partial charge in [0, 0.05) is 11.8 Å². The van der Waals surface area contributed by atoms with Gasteiger partial charge in [-0.3, -0.25) is 4.79 Å². The van der Waals surface area contributed by atoms with Gasteiger partial charge in [0.15, 0.2) is 0 Å². The van der Waals surface area contributed by atoms with E-state index in [4.69, 9.17) is 4.42 Å². The number of ether oxygens (including phenoxy) is 1. The van der Waals surface area contributed by atoms with E-state index in [1.165, 1.54) is 7.11 Å². The van der Waals surface area contributed by atoms with Crippen molar-refractivity contribution in [2.75, 3.05) is 7.11 Å². The van der Waals surface area contributed by atoms with Crippen LogP contribution in [0.4, 0.5) is 0 Å². The Kier molecular flexibility index (Phi) is 2.95. The molecule has 0 fully saturated rings. The lowest BCUT2D eigenvalue weighted by molar-refractivity contribution is -0.140. The minimum absolute atomic E-state index is 0.208. The Morgan fingerprint density at radius 3 is 2.81 bits per heavy atom. The Bertz CT molecular complexity index is 511. The molecule has 0 bridgehead atoms. The normalized spacial score (nSPS) is 10.6. The van der Waals surface area contributed by atoms with Gasteiger partial charge in [-0.05, 0) is 18.6 Å². The minimum atomic E-state index is -0.208. The van der Waals surface area contributed by atoms with E-state index in [0.29, 0.717) is 12.8 Å². The zero-order valence-electron chi connectivity index (χ0n) is 9.45. The number of methoxy groups -OCH3 is 1. The average Bonchev–Trinajstić information content (AvgIpc) is 2.64. The number of rotatable bonds is 3. The van der Waals surface area contributed by atoms with Crippen LogP contribution in [0.15, 0.2) is 28.7 Å². The standard InChI is InChI=1S/C13H14O3/c1-9-10-5-3-4-6-12(10)16-11(9)7-8-13(14)15-2/h3-6H,7-8H2,1-2H3. The average molecular weight is 218 g/mol. The number of para-hydroxylation sites is 1. The fourth-order valence-corrected chi connectivity index (χ4v) is 1.78. The number of furan rings is 1. The number of hydrogen-bond acceptors (Lipinski definition) is 3. The van der Waals surface area contributed by atoms with Crippen molar-refractivity contribution in [3.63, 3.8) is 0 Å². The Morgan fingerprint density at radius 2 is 2.12 bits per heavy atom. The van der Waals surface area contributed by atoms with Crippen LogP contribution in [-0.4, -0.2) is 13.1 Å². The smallest absolute Gasteiger partial charge is 0.305 e. The molecule has 0 aliphatic heterocycles. The fraction of sp³-hybridized carbons (Fsp3) is 0.308. The topological polar surface area (TPSA) is 39.4 Å². The van der Waals surface area contributed by atoms with Gasteiger partial charge in [-0.1, -0.05) is 18.2 Å². The maximum absolute atomic E-state index is 11.0. The Labute approximate surface area is 94.0 Å². The van der Waals surface area contributed by atoms with Gasteiger partial charge < -0.3 is 9.15 Å². The van der Waals surface area contributed by atoms with E-state index in [0.717, 1.165) is 22.3 Å². The first-order chi connectivity index (χ1) is 7.72. The van der Waals surface area contributed by atoms with Gasteiger partial charge in [0.1, 0.15) is 11.3 Å². The molecule has 0 amide bonds. The number of aryl methyl sites for hydroxylation is 2. The highest BCUT2D eigenvalue weighted by Gasteiger charge is 2.11. The maximum atomic E-state index is 11.0. The van der Waals surface area contributed by atoms with Crippen LogP contribution in [0.3, 0.4) is 0 Å². The number of esters is 1. The van der Waals surface area contributed by atoms with Crippen LogP contribution in [0.1, 0.15) is 17.7 Å². The van der Waals surface area contributed by atoms with E-state index in [-0.39, 0.29) is 5.97 Å². The van der Waals surface area contributed by atoms with Crippen molar-refractivity contribution in [1.82, 2.24) is 0 Å². The molecule has 3 nitrogen and oxygen atoms in total. The molecule has 84 valence electrons. The molecule has 1 heterocycles. The molecule has 0 unspecified atom stereocenters. The lowest BCUT2D eigenvalue weighted by atomic mass is 10.1. The summed E-state index contributed by atoms with van der Waals surface area (Å²) < 4.78 is 10.3. The molecule has 0 saturated carbocycles. The molecule has 0 aliphatic rings. The number of fused-ring (bicyclic) bond motifs is 1. The molecule has 2 rings (SSSR count). The fourth-order valence-electron chi connectivity index (χ4n) is 1.78. The highest BCUT2D eigenvalue weighted by molar-refractivity contribution is 5.82. The summed E-state index contributed by atoms with van der Waals surface area (Å²) in [6.45, 7) is 2.01. The van der Waals surface area contributed by atoms with Crippen molar-refractivity contribution in [3.05, 3.63) is 35.6 Å². The summed E-state index contributed by atoms with van der Waals surface area (Å²) in [5.74, 6) is 0.659. The van der Waals surface area contributed by atoms with Crippen molar-refractivity contribution in [2.45, 2.75) is 19.8 Å². The summed E-state index contributed by atoms with van der Waals surface area (Å²) in [7, 11) is 1.40. The quantitative estimate of drug-likeness (QED) is 0.743. The molecular weight excluding hydrogens is 204 g/mol. The van der Waals surface area contributed by atoms with Crippen LogP contribution in [-0.2, 0) is 16.0 Å². The second-order valence-corrected chi connectivity index (χ2v) is 3.72. The predicted molar refractivity (Wildman–Crippen MR) is 61.3 cm³/mol. The third-order valence-electron chi connectivity index (χ3n) is 2.73. The first-order valence-electron chi connectivity index (χ1n) is 5.26. The lowest BCUT2D eigenvalue weighted by Gasteiger charge is -1.97. The van der Waals surface area contributed by atoms with Crippen molar-refractivity contribution in [2.24, 2.45) is 0 Å². The van der Waals surface area contributed by atoms with Gasteiger partial charge in [0.2, 0.25) is 0 Å².